The van der Waals surface area contributed by atoms with E-state index in [-0.39, 0.29) is 17.0 Å². The molecule has 0 radical (unpaired) electrons. The zero-order valence-electron chi connectivity index (χ0n) is 8.34. The van der Waals surface area contributed by atoms with Crippen molar-refractivity contribution in [3.63, 3.8) is 0 Å². The van der Waals surface area contributed by atoms with Crippen LogP contribution in [-0.2, 0) is 9.84 Å². The van der Waals surface area contributed by atoms with Crippen molar-refractivity contribution in [2.75, 3.05) is 5.73 Å². The summed E-state index contributed by atoms with van der Waals surface area (Å²) in [5.74, 6) is 0. The van der Waals surface area contributed by atoms with Gasteiger partial charge in [-0.15, -0.1) is 0 Å². The molecular formula is C10H12N2O2S. The van der Waals surface area contributed by atoms with E-state index in [4.69, 9.17) is 11.0 Å². The van der Waals surface area contributed by atoms with Gasteiger partial charge in [-0.05, 0) is 18.6 Å². The van der Waals surface area contributed by atoms with E-state index in [1.54, 1.807) is 25.1 Å². The highest BCUT2D eigenvalue weighted by Crippen LogP contribution is 2.23. The first-order valence-electron chi connectivity index (χ1n) is 4.52. The van der Waals surface area contributed by atoms with E-state index < -0.39 is 15.1 Å². The van der Waals surface area contributed by atoms with Crippen molar-refractivity contribution < 1.29 is 8.42 Å². The minimum absolute atomic E-state index is 0.0402. The van der Waals surface area contributed by atoms with Gasteiger partial charge in [0.2, 0.25) is 0 Å². The molecule has 4 nitrogen and oxygen atoms in total. The van der Waals surface area contributed by atoms with Crippen molar-refractivity contribution in [3.8, 4) is 6.07 Å². The molecule has 0 saturated carbocycles. The Morgan fingerprint density at radius 2 is 2.07 bits per heavy atom. The second kappa shape index (κ2) is 4.32. The molecule has 0 bridgehead atoms. The van der Waals surface area contributed by atoms with Crippen LogP contribution in [0.25, 0.3) is 0 Å². The fraction of sp³-hybridized carbons (Fsp3) is 0.300. The number of nitriles is 1. The van der Waals surface area contributed by atoms with Gasteiger partial charge in [0, 0.05) is 0 Å². The van der Waals surface area contributed by atoms with E-state index in [2.05, 4.69) is 0 Å². The zero-order chi connectivity index (χ0) is 11.5. The largest absolute Gasteiger partial charge is 0.398 e. The average Bonchev–Trinajstić information content (AvgIpc) is 2.19. The van der Waals surface area contributed by atoms with Gasteiger partial charge in [-0.3, -0.25) is 0 Å². The smallest absolute Gasteiger partial charge is 0.196 e. The van der Waals surface area contributed by atoms with Crippen LogP contribution in [0.1, 0.15) is 13.3 Å². The minimum atomic E-state index is -3.62. The number of nitrogens with zero attached hydrogens (tertiary/aromatic N) is 1. The highest BCUT2D eigenvalue weighted by molar-refractivity contribution is 7.92. The fourth-order valence-corrected chi connectivity index (χ4v) is 2.82. The number of benzene rings is 1. The summed E-state index contributed by atoms with van der Waals surface area (Å²) < 4.78 is 23.8. The Bertz CT molecular complexity index is 488. The molecular weight excluding hydrogens is 212 g/mol. The lowest BCUT2D eigenvalue weighted by atomic mass is 10.3. The summed E-state index contributed by atoms with van der Waals surface area (Å²) in [5.41, 5.74) is 5.75. The van der Waals surface area contributed by atoms with Crippen molar-refractivity contribution in [1.82, 2.24) is 0 Å². The highest BCUT2D eigenvalue weighted by atomic mass is 32.2. The summed E-state index contributed by atoms with van der Waals surface area (Å²) in [5, 5.41) is 7.72. The number of hydrogen-bond donors (Lipinski definition) is 1. The number of rotatable bonds is 3. The second-order valence-corrected chi connectivity index (χ2v) is 5.21. The molecule has 0 aliphatic heterocycles. The highest BCUT2D eigenvalue weighted by Gasteiger charge is 2.27. The molecule has 2 N–H and O–H groups in total. The van der Waals surface area contributed by atoms with E-state index in [0.717, 1.165) is 0 Å². The van der Waals surface area contributed by atoms with Crippen LogP contribution in [0.4, 0.5) is 5.69 Å². The van der Waals surface area contributed by atoms with Crippen LogP contribution in [0.2, 0.25) is 0 Å². The zero-order valence-corrected chi connectivity index (χ0v) is 9.16. The van der Waals surface area contributed by atoms with E-state index in [1.807, 2.05) is 0 Å². The molecule has 1 unspecified atom stereocenters. The SMILES string of the molecule is CCC(C#N)S(=O)(=O)c1ccccc1N. The molecule has 15 heavy (non-hydrogen) atoms. The fourth-order valence-electron chi connectivity index (χ4n) is 1.27. The van der Waals surface area contributed by atoms with Crippen LogP contribution < -0.4 is 5.73 Å². The number of nitrogen functional groups attached to an aromatic ring is 1. The van der Waals surface area contributed by atoms with E-state index in [0.29, 0.717) is 0 Å². The Morgan fingerprint density at radius 3 is 2.53 bits per heavy atom. The molecule has 0 saturated heterocycles. The van der Waals surface area contributed by atoms with Crippen LogP contribution in [0.15, 0.2) is 29.2 Å². The standard InChI is InChI=1S/C10H12N2O2S/c1-2-8(7-11)15(13,14)10-6-4-3-5-9(10)12/h3-6,8H,2,12H2,1H3. The van der Waals surface area contributed by atoms with Gasteiger partial charge in [0.1, 0.15) is 0 Å². The molecule has 1 rings (SSSR count). The Kier molecular flexibility index (Phi) is 3.32. The quantitative estimate of drug-likeness (QED) is 0.785. The van der Waals surface area contributed by atoms with Crippen molar-refractivity contribution in [3.05, 3.63) is 24.3 Å². The average molecular weight is 224 g/mol. The number of hydrogen-bond acceptors (Lipinski definition) is 4. The van der Waals surface area contributed by atoms with Crippen molar-refractivity contribution >= 4 is 15.5 Å². The van der Waals surface area contributed by atoms with Gasteiger partial charge in [-0.2, -0.15) is 5.26 Å². The van der Waals surface area contributed by atoms with Crippen LogP contribution in [0.3, 0.4) is 0 Å². The van der Waals surface area contributed by atoms with Gasteiger partial charge in [0.25, 0.3) is 0 Å². The monoisotopic (exact) mass is 224 g/mol. The van der Waals surface area contributed by atoms with Gasteiger partial charge < -0.3 is 5.73 Å². The number of sulfone groups is 1. The van der Waals surface area contributed by atoms with Gasteiger partial charge in [-0.25, -0.2) is 8.42 Å². The first-order valence-corrected chi connectivity index (χ1v) is 6.06. The van der Waals surface area contributed by atoms with Gasteiger partial charge in [0.05, 0.1) is 16.7 Å². The Morgan fingerprint density at radius 1 is 1.47 bits per heavy atom. The van der Waals surface area contributed by atoms with Gasteiger partial charge >= 0.3 is 0 Å². The van der Waals surface area contributed by atoms with E-state index in [1.165, 1.54) is 12.1 Å². The third kappa shape index (κ3) is 2.10. The van der Waals surface area contributed by atoms with Crippen molar-refractivity contribution in [1.29, 1.82) is 5.26 Å². The van der Waals surface area contributed by atoms with Crippen LogP contribution in [0.5, 0.6) is 0 Å². The van der Waals surface area contributed by atoms with Crippen molar-refractivity contribution in [2.24, 2.45) is 0 Å². The van der Waals surface area contributed by atoms with E-state index in [9.17, 15) is 8.42 Å². The maximum atomic E-state index is 11.9. The molecule has 5 heteroatoms. The number of para-hydroxylation sites is 1. The lowest BCUT2D eigenvalue weighted by molar-refractivity contribution is 0.588. The maximum absolute atomic E-state index is 11.9. The molecule has 0 heterocycles. The summed E-state index contributed by atoms with van der Waals surface area (Å²) in [6.45, 7) is 1.66. The maximum Gasteiger partial charge on any atom is 0.196 e. The first kappa shape index (κ1) is 11.5. The van der Waals surface area contributed by atoms with Gasteiger partial charge in [0.15, 0.2) is 15.1 Å². The Labute approximate surface area is 89.2 Å². The predicted octanol–water partition coefficient (Wildman–Crippen LogP) is 1.34. The van der Waals surface area contributed by atoms with Crippen LogP contribution >= 0.6 is 0 Å². The van der Waals surface area contributed by atoms with Crippen LogP contribution in [-0.4, -0.2) is 13.7 Å². The topological polar surface area (TPSA) is 84.0 Å². The normalized spacial score (nSPS) is 13.1. The Balaban J connectivity index is 3.31. The Hall–Kier alpha value is -1.54. The molecule has 0 spiro atoms. The molecule has 80 valence electrons. The second-order valence-electron chi connectivity index (χ2n) is 3.11. The lowest BCUT2D eigenvalue weighted by Gasteiger charge is -2.10. The van der Waals surface area contributed by atoms with Gasteiger partial charge in [-0.1, -0.05) is 19.1 Å². The molecule has 0 aromatic heterocycles. The lowest BCUT2D eigenvalue weighted by Crippen LogP contribution is -2.19. The van der Waals surface area contributed by atoms with Crippen LogP contribution in [0, 0.1) is 11.3 Å². The molecule has 0 fully saturated rings. The molecule has 0 amide bonds. The summed E-state index contributed by atoms with van der Waals surface area (Å²) in [6.07, 6.45) is 0.257. The predicted molar refractivity (Wildman–Crippen MR) is 57.7 cm³/mol. The molecule has 1 aromatic rings. The van der Waals surface area contributed by atoms with E-state index >= 15 is 0 Å². The molecule has 0 aliphatic rings. The summed E-state index contributed by atoms with van der Waals surface area (Å²) in [4.78, 5) is 0.0402. The molecule has 0 aliphatic carbocycles. The molecule has 1 aromatic carbocycles. The summed E-state index contributed by atoms with van der Waals surface area (Å²) in [6, 6.07) is 7.95. The minimum Gasteiger partial charge on any atom is -0.398 e. The molecule has 1 atom stereocenters. The summed E-state index contributed by atoms with van der Waals surface area (Å²) >= 11 is 0. The number of anilines is 1. The van der Waals surface area contributed by atoms with Crippen molar-refractivity contribution in [2.45, 2.75) is 23.5 Å². The summed E-state index contributed by atoms with van der Waals surface area (Å²) in [7, 11) is -3.62. The third-order valence-corrected chi connectivity index (χ3v) is 4.29. The number of nitrogens with two attached hydrogens (primary N) is 1. The first-order chi connectivity index (χ1) is 7.04. The third-order valence-electron chi connectivity index (χ3n) is 2.11.